The Balaban J connectivity index is 1.35. The molecule has 8 heteroatoms. The standard InChI is InChI=1S/C23H27N7O/c1-30-7-5-18(6-8-30)27-22-14-24-13-20(28-22)19-9-16-10-21(26-12-17(16)11-25-19)29-23(31)15-3-2-4-15/h9-15,18H,2-8H2,1H3,(H,27,28)(H,26,29,31). The number of rotatable bonds is 5. The third-order valence-corrected chi connectivity index (χ3v) is 6.30. The van der Waals surface area contributed by atoms with Crippen LogP contribution in [0.2, 0.25) is 0 Å². The molecule has 8 nitrogen and oxygen atoms in total. The van der Waals surface area contributed by atoms with Gasteiger partial charge in [0.1, 0.15) is 17.3 Å². The predicted molar refractivity (Wildman–Crippen MR) is 121 cm³/mol. The van der Waals surface area contributed by atoms with Gasteiger partial charge < -0.3 is 15.5 Å². The molecule has 4 heterocycles. The van der Waals surface area contributed by atoms with E-state index in [1.54, 1.807) is 24.8 Å². The second-order valence-electron chi connectivity index (χ2n) is 8.61. The van der Waals surface area contributed by atoms with Crippen LogP contribution in [0.15, 0.2) is 36.9 Å². The van der Waals surface area contributed by atoms with E-state index in [4.69, 9.17) is 4.98 Å². The molecule has 0 radical (unpaired) electrons. The van der Waals surface area contributed by atoms with Gasteiger partial charge in [0.05, 0.1) is 18.1 Å². The Kier molecular flexibility index (Phi) is 5.46. The first-order valence-corrected chi connectivity index (χ1v) is 11.0. The first-order valence-electron chi connectivity index (χ1n) is 11.0. The van der Waals surface area contributed by atoms with Crippen molar-refractivity contribution < 1.29 is 4.79 Å². The maximum atomic E-state index is 12.2. The van der Waals surface area contributed by atoms with Crippen molar-refractivity contribution in [2.75, 3.05) is 30.8 Å². The molecule has 1 saturated heterocycles. The highest BCUT2D eigenvalue weighted by molar-refractivity contribution is 5.94. The van der Waals surface area contributed by atoms with Crippen molar-refractivity contribution in [2.45, 2.75) is 38.1 Å². The molecular weight excluding hydrogens is 390 g/mol. The molecule has 2 aliphatic rings. The molecule has 1 amide bonds. The number of nitrogens with one attached hydrogen (secondary N) is 2. The van der Waals surface area contributed by atoms with E-state index in [-0.39, 0.29) is 11.8 Å². The molecule has 160 valence electrons. The topological polar surface area (TPSA) is 95.9 Å². The average molecular weight is 418 g/mol. The van der Waals surface area contributed by atoms with Crippen molar-refractivity contribution in [3.05, 3.63) is 36.9 Å². The molecule has 0 atom stereocenters. The normalized spacial score (nSPS) is 18.0. The van der Waals surface area contributed by atoms with Gasteiger partial charge in [0.2, 0.25) is 5.91 Å². The third-order valence-electron chi connectivity index (χ3n) is 6.30. The lowest BCUT2D eigenvalue weighted by molar-refractivity contribution is -0.122. The zero-order valence-corrected chi connectivity index (χ0v) is 17.7. The van der Waals surface area contributed by atoms with E-state index in [9.17, 15) is 4.79 Å². The van der Waals surface area contributed by atoms with Gasteiger partial charge in [-0.3, -0.25) is 14.8 Å². The number of piperidine rings is 1. The lowest BCUT2D eigenvalue weighted by atomic mass is 9.85. The largest absolute Gasteiger partial charge is 0.366 e. The summed E-state index contributed by atoms with van der Waals surface area (Å²) in [6, 6.07) is 4.28. The zero-order valence-electron chi connectivity index (χ0n) is 17.7. The van der Waals surface area contributed by atoms with Crippen LogP contribution in [-0.2, 0) is 4.79 Å². The molecule has 0 unspecified atom stereocenters. The highest BCUT2D eigenvalue weighted by atomic mass is 16.2. The first-order chi connectivity index (χ1) is 15.1. The van der Waals surface area contributed by atoms with Crippen molar-refractivity contribution in [3.8, 4) is 11.4 Å². The summed E-state index contributed by atoms with van der Waals surface area (Å²) in [6.45, 7) is 2.18. The quantitative estimate of drug-likeness (QED) is 0.657. The number of fused-ring (bicyclic) bond motifs is 1. The fourth-order valence-electron chi connectivity index (χ4n) is 4.07. The lowest BCUT2D eigenvalue weighted by Gasteiger charge is -2.29. The summed E-state index contributed by atoms with van der Waals surface area (Å²) in [5.41, 5.74) is 1.46. The van der Waals surface area contributed by atoms with Crippen LogP contribution in [0.1, 0.15) is 32.1 Å². The third kappa shape index (κ3) is 4.49. The minimum atomic E-state index is 0.0610. The molecule has 31 heavy (non-hydrogen) atoms. The Morgan fingerprint density at radius 1 is 0.935 bits per heavy atom. The number of pyridine rings is 2. The van der Waals surface area contributed by atoms with Gasteiger partial charge in [-0.2, -0.15) is 0 Å². The smallest absolute Gasteiger partial charge is 0.228 e. The molecule has 1 aliphatic heterocycles. The number of nitrogens with zero attached hydrogens (tertiary/aromatic N) is 5. The lowest BCUT2D eigenvalue weighted by Crippen LogP contribution is -2.36. The summed E-state index contributed by atoms with van der Waals surface area (Å²) in [4.78, 5) is 32.6. The van der Waals surface area contributed by atoms with Gasteiger partial charge in [-0.15, -0.1) is 0 Å². The van der Waals surface area contributed by atoms with Crippen molar-refractivity contribution in [1.29, 1.82) is 0 Å². The summed E-state index contributed by atoms with van der Waals surface area (Å²) in [7, 11) is 2.15. The second kappa shape index (κ2) is 8.55. The Bertz CT molecular complexity index is 1090. The van der Waals surface area contributed by atoms with E-state index in [2.05, 4.69) is 37.5 Å². The van der Waals surface area contributed by atoms with Crippen molar-refractivity contribution in [3.63, 3.8) is 0 Å². The van der Waals surface area contributed by atoms with Crippen molar-refractivity contribution in [1.82, 2.24) is 24.8 Å². The van der Waals surface area contributed by atoms with Crippen molar-refractivity contribution >= 4 is 28.3 Å². The molecule has 3 aromatic rings. The molecule has 0 bridgehead atoms. The molecule has 0 aromatic carbocycles. The molecular formula is C23H27N7O. The van der Waals surface area contributed by atoms with E-state index in [1.165, 1.54) is 0 Å². The van der Waals surface area contributed by atoms with Crippen LogP contribution in [-0.4, -0.2) is 56.9 Å². The van der Waals surface area contributed by atoms with Gasteiger partial charge >= 0.3 is 0 Å². The van der Waals surface area contributed by atoms with Gasteiger partial charge in [-0.1, -0.05) is 6.42 Å². The Hall–Kier alpha value is -3.13. The maximum absolute atomic E-state index is 12.2. The molecule has 2 fully saturated rings. The fraction of sp³-hybridized carbons (Fsp3) is 0.435. The van der Waals surface area contributed by atoms with Crippen LogP contribution in [0.3, 0.4) is 0 Å². The Labute approximate surface area is 181 Å². The van der Waals surface area contributed by atoms with E-state index in [1.807, 2.05) is 12.1 Å². The number of amides is 1. The summed E-state index contributed by atoms with van der Waals surface area (Å²) in [6.07, 6.45) is 12.3. The number of likely N-dealkylation sites (tertiary alicyclic amines) is 1. The SMILES string of the molecule is CN1CCC(Nc2cncc(-c3cc4cc(NC(=O)C5CCC5)ncc4cn3)n2)CC1. The van der Waals surface area contributed by atoms with E-state index < -0.39 is 0 Å². The number of hydrogen-bond donors (Lipinski definition) is 2. The van der Waals surface area contributed by atoms with E-state index in [0.29, 0.717) is 11.9 Å². The molecule has 5 rings (SSSR count). The molecule has 1 aliphatic carbocycles. The van der Waals surface area contributed by atoms with E-state index >= 15 is 0 Å². The minimum Gasteiger partial charge on any atom is -0.366 e. The summed E-state index contributed by atoms with van der Waals surface area (Å²) in [5.74, 6) is 1.54. The number of hydrogen-bond acceptors (Lipinski definition) is 7. The summed E-state index contributed by atoms with van der Waals surface area (Å²) in [5, 5.41) is 8.33. The van der Waals surface area contributed by atoms with Crippen molar-refractivity contribution in [2.24, 2.45) is 5.92 Å². The first kappa shape index (κ1) is 19.8. The fourth-order valence-corrected chi connectivity index (χ4v) is 4.07. The Morgan fingerprint density at radius 3 is 2.52 bits per heavy atom. The molecule has 0 spiro atoms. The van der Waals surface area contributed by atoms with Gasteiger partial charge in [0, 0.05) is 29.7 Å². The van der Waals surface area contributed by atoms with Crippen LogP contribution in [0, 0.1) is 5.92 Å². The number of anilines is 2. The predicted octanol–water partition coefficient (Wildman–Crippen LogP) is 3.33. The van der Waals surface area contributed by atoms with Crippen LogP contribution < -0.4 is 10.6 Å². The Morgan fingerprint density at radius 2 is 1.74 bits per heavy atom. The molecule has 2 N–H and O–H groups in total. The van der Waals surface area contributed by atoms with Gasteiger partial charge in [-0.05, 0) is 63.3 Å². The number of carbonyl (C=O) groups excluding carboxylic acids is 1. The van der Waals surface area contributed by atoms with Crippen LogP contribution in [0.4, 0.5) is 11.6 Å². The van der Waals surface area contributed by atoms with Crippen LogP contribution in [0.5, 0.6) is 0 Å². The highest BCUT2D eigenvalue weighted by Gasteiger charge is 2.25. The summed E-state index contributed by atoms with van der Waals surface area (Å²) >= 11 is 0. The second-order valence-corrected chi connectivity index (χ2v) is 8.61. The molecule has 1 saturated carbocycles. The average Bonchev–Trinajstić information content (AvgIpc) is 2.74. The van der Waals surface area contributed by atoms with Gasteiger partial charge in [0.25, 0.3) is 0 Å². The summed E-state index contributed by atoms with van der Waals surface area (Å²) < 4.78 is 0. The van der Waals surface area contributed by atoms with Crippen LogP contribution >= 0.6 is 0 Å². The number of carbonyl (C=O) groups is 1. The number of aromatic nitrogens is 4. The van der Waals surface area contributed by atoms with E-state index in [0.717, 1.165) is 73.2 Å². The van der Waals surface area contributed by atoms with Gasteiger partial charge in [-0.25, -0.2) is 9.97 Å². The minimum absolute atomic E-state index is 0.0610. The van der Waals surface area contributed by atoms with Crippen LogP contribution in [0.25, 0.3) is 22.2 Å². The maximum Gasteiger partial charge on any atom is 0.228 e. The zero-order chi connectivity index (χ0) is 21.2. The molecule has 3 aromatic heterocycles. The highest BCUT2D eigenvalue weighted by Crippen LogP contribution is 2.28. The van der Waals surface area contributed by atoms with Gasteiger partial charge in [0.15, 0.2) is 0 Å². The monoisotopic (exact) mass is 417 g/mol.